The Bertz CT molecular complexity index is 437. The van der Waals surface area contributed by atoms with Crippen LogP contribution in [-0.2, 0) is 10.8 Å². The van der Waals surface area contributed by atoms with Crippen LogP contribution in [0.25, 0.3) is 0 Å². The summed E-state index contributed by atoms with van der Waals surface area (Å²) in [7, 11) is -0.785. The molecule has 2 unspecified atom stereocenters. The van der Waals surface area contributed by atoms with Crippen LogP contribution in [0.4, 0.5) is 5.69 Å². The van der Waals surface area contributed by atoms with E-state index < -0.39 is 10.8 Å². The highest BCUT2D eigenvalue weighted by molar-refractivity contribution is 7.84. The molecule has 0 saturated heterocycles. The third-order valence-electron chi connectivity index (χ3n) is 2.66. The molecule has 0 amide bonds. The third-order valence-corrected chi connectivity index (χ3v) is 3.52. The molecular formula is C12H18N2O3S. The van der Waals surface area contributed by atoms with Crippen molar-refractivity contribution in [2.45, 2.75) is 19.4 Å². The van der Waals surface area contributed by atoms with E-state index in [0.717, 1.165) is 6.42 Å². The van der Waals surface area contributed by atoms with Crippen molar-refractivity contribution in [1.29, 1.82) is 0 Å². The molecule has 0 saturated carbocycles. The van der Waals surface area contributed by atoms with Crippen LogP contribution in [0.15, 0.2) is 24.3 Å². The van der Waals surface area contributed by atoms with Crippen molar-refractivity contribution in [2.24, 2.45) is 0 Å². The van der Waals surface area contributed by atoms with Crippen molar-refractivity contribution < 1.29 is 9.13 Å². The van der Waals surface area contributed by atoms with Gasteiger partial charge in [-0.2, -0.15) is 0 Å². The van der Waals surface area contributed by atoms with Gasteiger partial charge in [-0.1, -0.05) is 18.2 Å². The van der Waals surface area contributed by atoms with Crippen molar-refractivity contribution >= 4 is 16.5 Å². The maximum absolute atomic E-state index is 10.9. The fourth-order valence-electron chi connectivity index (χ4n) is 1.72. The van der Waals surface area contributed by atoms with E-state index in [1.165, 1.54) is 6.07 Å². The number of nitrogens with one attached hydrogen (secondary N) is 1. The molecule has 100 valence electrons. The Morgan fingerprint density at radius 3 is 2.72 bits per heavy atom. The lowest BCUT2D eigenvalue weighted by Crippen LogP contribution is -2.21. The first-order valence-corrected chi connectivity index (χ1v) is 7.52. The Morgan fingerprint density at radius 1 is 1.44 bits per heavy atom. The van der Waals surface area contributed by atoms with Gasteiger partial charge in [0.05, 0.1) is 4.92 Å². The van der Waals surface area contributed by atoms with Gasteiger partial charge >= 0.3 is 0 Å². The summed E-state index contributed by atoms with van der Waals surface area (Å²) >= 11 is 0. The zero-order valence-corrected chi connectivity index (χ0v) is 11.4. The fourth-order valence-corrected chi connectivity index (χ4v) is 2.27. The summed E-state index contributed by atoms with van der Waals surface area (Å²) in [5, 5.41) is 14.1. The molecule has 1 N–H and O–H groups in total. The minimum atomic E-state index is -0.785. The van der Waals surface area contributed by atoms with Crippen LogP contribution in [0.5, 0.6) is 0 Å². The molecule has 0 bridgehead atoms. The van der Waals surface area contributed by atoms with Crippen molar-refractivity contribution in [1.82, 2.24) is 5.32 Å². The molecule has 0 radical (unpaired) electrons. The summed E-state index contributed by atoms with van der Waals surface area (Å²) in [6.07, 6.45) is 2.47. The van der Waals surface area contributed by atoms with Gasteiger partial charge in [0.1, 0.15) is 0 Å². The normalized spacial score (nSPS) is 14.1. The Labute approximate surface area is 109 Å². The lowest BCUT2D eigenvalue weighted by molar-refractivity contribution is -0.385. The molecule has 1 rings (SSSR count). The first-order valence-electron chi connectivity index (χ1n) is 5.79. The topological polar surface area (TPSA) is 72.2 Å². The van der Waals surface area contributed by atoms with Crippen molar-refractivity contribution in [2.75, 3.05) is 18.6 Å². The van der Waals surface area contributed by atoms with Gasteiger partial charge in [-0.3, -0.25) is 14.3 Å². The molecule has 1 aromatic rings. The van der Waals surface area contributed by atoms with Crippen molar-refractivity contribution in [3.05, 3.63) is 39.9 Å². The van der Waals surface area contributed by atoms with E-state index in [1.54, 1.807) is 24.5 Å². The van der Waals surface area contributed by atoms with Gasteiger partial charge in [-0.15, -0.1) is 0 Å². The van der Waals surface area contributed by atoms with E-state index in [4.69, 9.17) is 0 Å². The van der Waals surface area contributed by atoms with Gasteiger partial charge in [-0.25, -0.2) is 0 Å². The summed E-state index contributed by atoms with van der Waals surface area (Å²) in [5.41, 5.74) is 0.816. The summed E-state index contributed by atoms with van der Waals surface area (Å²) in [6.45, 7) is 2.60. The molecule has 0 spiro atoms. The molecular weight excluding hydrogens is 252 g/mol. The average molecular weight is 270 g/mol. The van der Waals surface area contributed by atoms with Crippen molar-refractivity contribution in [3.63, 3.8) is 0 Å². The van der Waals surface area contributed by atoms with Gasteiger partial charge in [0.2, 0.25) is 0 Å². The number of para-hydroxylation sites is 1. The molecule has 0 fully saturated rings. The molecule has 1 aromatic carbocycles. The molecule has 0 aliphatic rings. The highest BCUT2D eigenvalue weighted by Crippen LogP contribution is 2.24. The Balaban J connectivity index is 2.58. The average Bonchev–Trinajstić information content (AvgIpc) is 2.34. The predicted octanol–water partition coefficient (Wildman–Crippen LogP) is 2.01. The van der Waals surface area contributed by atoms with Crippen LogP contribution in [0.2, 0.25) is 0 Å². The SMILES string of the molecule is CC(NCCCS(C)=O)c1ccccc1[N+](=O)[O-]. The number of rotatable bonds is 7. The second kappa shape index (κ2) is 7.23. The van der Waals surface area contributed by atoms with Crippen LogP contribution in [0.3, 0.4) is 0 Å². The first-order chi connectivity index (χ1) is 8.52. The van der Waals surface area contributed by atoms with Crippen molar-refractivity contribution in [3.8, 4) is 0 Å². The maximum atomic E-state index is 10.9. The predicted molar refractivity (Wildman–Crippen MR) is 73.1 cm³/mol. The van der Waals surface area contributed by atoms with Crippen LogP contribution >= 0.6 is 0 Å². The van der Waals surface area contributed by atoms with E-state index in [1.807, 2.05) is 6.92 Å². The Morgan fingerprint density at radius 2 is 2.11 bits per heavy atom. The van der Waals surface area contributed by atoms with Crippen LogP contribution in [0.1, 0.15) is 24.9 Å². The number of benzene rings is 1. The highest BCUT2D eigenvalue weighted by Gasteiger charge is 2.17. The molecule has 6 heteroatoms. The smallest absolute Gasteiger partial charge is 0.274 e. The summed E-state index contributed by atoms with van der Waals surface area (Å²) in [6, 6.07) is 6.63. The lowest BCUT2D eigenvalue weighted by Gasteiger charge is -2.13. The number of hydrogen-bond donors (Lipinski definition) is 1. The number of nitro benzene ring substituents is 1. The number of nitro groups is 1. The van der Waals surface area contributed by atoms with Gasteiger partial charge in [0.25, 0.3) is 5.69 Å². The minimum absolute atomic E-state index is 0.0862. The quantitative estimate of drug-likeness (QED) is 0.467. The molecule has 0 aromatic heterocycles. The number of hydrogen-bond acceptors (Lipinski definition) is 4. The molecule has 0 heterocycles. The summed E-state index contributed by atoms with van der Waals surface area (Å²) in [5.74, 6) is 0.649. The fraction of sp³-hybridized carbons (Fsp3) is 0.500. The van der Waals surface area contributed by atoms with Crippen LogP contribution in [-0.4, -0.2) is 27.7 Å². The van der Waals surface area contributed by atoms with E-state index in [-0.39, 0.29) is 16.7 Å². The third kappa shape index (κ3) is 4.54. The van der Waals surface area contributed by atoms with E-state index in [9.17, 15) is 14.3 Å². The van der Waals surface area contributed by atoms with Gasteiger partial charge in [-0.05, 0) is 19.9 Å². The highest BCUT2D eigenvalue weighted by atomic mass is 32.2. The molecule has 18 heavy (non-hydrogen) atoms. The second-order valence-electron chi connectivity index (χ2n) is 4.12. The van der Waals surface area contributed by atoms with Gasteiger partial charge < -0.3 is 5.32 Å². The van der Waals surface area contributed by atoms with E-state index >= 15 is 0 Å². The summed E-state index contributed by atoms with van der Waals surface area (Å²) in [4.78, 5) is 10.5. The number of nitrogens with zero attached hydrogens (tertiary/aromatic N) is 1. The Kier molecular flexibility index (Phi) is 5.94. The lowest BCUT2D eigenvalue weighted by atomic mass is 10.1. The standard InChI is InChI=1S/C12H18N2O3S/c1-10(13-8-5-9-18(2)17)11-6-3-4-7-12(11)14(15)16/h3-4,6-7,10,13H,5,8-9H2,1-2H3. The largest absolute Gasteiger partial charge is 0.310 e. The summed E-state index contributed by atoms with van der Waals surface area (Å²) < 4.78 is 10.9. The molecule has 5 nitrogen and oxygen atoms in total. The van der Waals surface area contributed by atoms with Gasteiger partial charge in [0.15, 0.2) is 0 Å². The zero-order valence-electron chi connectivity index (χ0n) is 10.6. The maximum Gasteiger partial charge on any atom is 0.274 e. The first kappa shape index (κ1) is 14.8. The van der Waals surface area contributed by atoms with Crippen LogP contribution in [0, 0.1) is 10.1 Å². The molecule has 2 atom stereocenters. The molecule has 0 aliphatic carbocycles. The monoisotopic (exact) mass is 270 g/mol. The molecule has 0 aliphatic heterocycles. The van der Waals surface area contributed by atoms with E-state index in [2.05, 4.69) is 5.32 Å². The minimum Gasteiger partial charge on any atom is -0.310 e. The Hall–Kier alpha value is -1.27. The van der Waals surface area contributed by atoms with Crippen LogP contribution < -0.4 is 5.32 Å². The second-order valence-corrected chi connectivity index (χ2v) is 5.68. The van der Waals surface area contributed by atoms with E-state index in [0.29, 0.717) is 17.9 Å². The van der Waals surface area contributed by atoms with Gasteiger partial charge in [0, 0.05) is 40.5 Å². The zero-order chi connectivity index (χ0) is 13.5.